The van der Waals surface area contributed by atoms with E-state index in [0.29, 0.717) is 11.5 Å². The molecule has 5 aromatic rings. The third-order valence-electron chi connectivity index (χ3n) is 9.66. The molecule has 4 heterocycles. The lowest BCUT2D eigenvalue weighted by molar-refractivity contribution is -0.0950. The van der Waals surface area contributed by atoms with Gasteiger partial charge in [-0.3, -0.25) is 28.7 Å². The Bertz CT molecular complexity index is 2290. The van der Waals surface area contributed by atoms with Crippen molar-refractivity contribution in [3.8, 4) is 11.5 Å². The van der Waals surface area contributed by atoms with Crippen molar-refractivity contribution in [1.82, 2.24) is 19.1 Å². The first kappa shape index (κ1) is 40.9. The predicted octanol–water partition coefficient (Wildman–Crippen LogP) is 1.28. The molecule has 18 heteroatoms. The molecule has 2 aliphatic rings. The zero-order valence-corrected chi connectivity index (χ0v) is 30.5. The van der Waals surface area contributed by atoms with Crippen LogP contribution < -0.4 is 32.0 Å². The van der Waals surface area contributed by atoms with Gasteiger partial charge >= 0.3 is 11.4 Å². The van der Waals surface area contributed by atoms with E-state index in [0.717, 1.165) is 50.4 Å². The van der Waals surface area contributed by atoms with Gasteiger partial charge in [0, 0.05) is 24.5 Å². The molecule has 2 aliphatic heterocycles. The highest BCUT2D eigenvalue weighted by Gasteiger charge is 2.48. The van der Waals surface area contributed by atoms with Gasteiger partial charge in [0.05, 0.1) is 27.4 Å². The van der Waals surface area contributed by atoms with Crippen LogP contribution in [-0.4, -0.2) is 98.6 Å². The summed E-state index contributed by atoms with van der Waals surface area (Å²) in [5, 5.41) is 29.0. The van der Waals surface area contributed by atoms with Crippen LogP contribution in [0.2, 0.25) is 0 Å². The third kappa shape index (κ3) is 8.36. The number of aliphatic hydroxyl groups is 3. The van der Waals surface area contributed by atoms with E-state index >= 15 is 4.39 Å². The lowest BCUT2D eigenvalue weighted by Crippen LogP contribution is -2.39. The maximum absolute atomic E-state index is 15.2. The summed E-state index contributed by atoms with van der Waals surface area (Å²) in [7, 11) is 3.16. The number of hydrogen-bond acceptors (Lipinski definition) is 12. The Hall–Kier alpha value is -5.76. The molecule has 0 unspecified atom stereocenters. The fourth-order valence-corrected chi connectivity index (χ4v) is 6.68. The number of benzene rings is 3. The SMILES string of the molecule is COc1ccc(C(OC[C@H]2O[C@@H](n3ccc(=O)[nH]c3=O)[C@H](F)[C@@H]2O)(c2ccccc2)c2ccc(OC)cc2)cc1.O=c1ccn([C@@H]2O[C@H](CO)[C@@H](O)[C@H]2F)c(=O)[nH]1. The van der Waals surface area contributed by atoms with Gasteiger partial charge in [-0.25, -0.2) is 18.4 Å². The lowest BCUT2D eigenvalue weighted by Gasteiger charge is -2.37. The minimum absolute atomic E-state index is 0.233. The molecule has 0 amide bonds. The monoisotopic (exact) mass is 794 g/mol. The second kappa shape index (κ2) is 17.6. The standard InChI is InChI=1S/C30H29FN2O7.C9H11FN2O5/c1-37-22-12-8-20(9-13-22)30(19-6-4-3-5-7-19,21-10-14-23(38-2)15-11-21)39-18-24-27(35)26(31)28(40-24)33-17-16-25(34)32-29(33)36;10-6-7(15)4(3-13)17-8(6)12-2-1-5(14)11-9(12)16/h3-17,24,26-28,35H,18H2,1-2H3,(H,32,34,36);1-2,4,6-8,13,15H,3H2,(H,11,14,16)/t24-,26-,27-,28-;4-,6-,7-,8-/m11/s1. The van der Waals surface area contributed by atoms with Crippen LogP contribution in [0.25, 0.3) is 0 Å². The molecule has 8 atom stereocenters. The van der Waals surface area contributed by atoms with Crippen LogP contribution in [0.1, 0.15) is 29.1 Å². The molecule has 2 fully saturated rings. The zero-order valence-electron chi connectivity index (χ0n) is 30.5. The Morgan fingerprint density at radius 3 is 1.47 bits per heavy atom. The van der Waals surface area contributed by atoms with Gasteiger partial charge in [0.1, 0.15) is 41.5 Å². The first-order chi connectivity index (χ1) is 27.4. The first-order valence-electron chi connectivity index (χ1n) is 17.6. The number of methoxy groups -OCH3 is 2. The molecule has 5 N–H and O–H groups in total. The quantitative estimate of drug-likeness (QED) is 0.120. The maximum Gasteiger partial charge on any atom is 0.330 e. The van der Waals surface area contributed by atoms with E-state index in [9.17, 15) is 33.8 Å². The molecule has 16 nitrogen and oxygen atoms in total. The van der Waals surface area contributed by atoms with E-state index in [-0.39, 0.29) is 6.61 Å². The third-order valence-corrected chi connectivity index (χ3v) is 9.66. The Kier molecular flexibility index (Phi) is 12.6. The van der Waals surface area contributed by atoms with Crippen molar-refractivity contribution in [1.29, 1.82) is 0 Å². The number of aromatic nitrogens is 4. The molecular formula is C39H40F2N4O12. The molecule has 3 aromatic carbocycles. The molecule has 302 valence electrons. The van der Waals surface area contributed by atoms with Gasteiger partial charge < -0.3 is 39.0 Å². The van der Waals surface area contributed by atoms with Crippen LogP contribution in [-0.2, 0) is 19.8 Å². The van der Waals surface area contributed by atoms with E-state index in [2.05, 4.69) is 4.98 Å². The Balaban J connectivity index is 0.000000269. The van der Waals surface area contributed by atoms with Gasteiger partial charge in [-0.2, -0.15) is 0 Å². The largest absolute Gasteiger partial charge is 0.497 e. The van der Waals surface area contributed by atoms with Crippen molar-refractivity contribution in [3.63, 3.8) is 0 Å². The van der Waals surface area contributed by atoms with Crippen LogP contribution in [0.5, 0.6) is 11.5 Å². The van der Waals surface area contributed by atoms with Crippen molar-refractivity contribution < 1.29 is 47.8 Å². The summed E-state index contributed by atoms with van der Waals surface area (Å²) in [6.07, 6.45) is -9.70. The van der Waals surface area contributed by atoms with Crippen LogP contribution >= 0.6 is 0 Å². The normalized spacial score (nSPS) is 24.4. The summed E-state index contributed by atoms with van der Waals surface area (Å²) in [6.45, 7) is -0.792. The van der Waals surface area contributed by atoms with Gasteiger partial charge in [0.15, 0.2) is 24.8 Å². The van der Waals surface area contributed by atoms with Crippen LogP contribution in [0.4, 0.5) is 8.78 Å². The smallest absolute Gasteiger partial charge is 0.330 e. The second-order valence-corrected chi connectivity index (χ2v) is 13.0. The van der Waals surface area contributed by atoms with Crippen molar-refractivity contribution >= 4 is 0 Å². The molecule has 0 aliphatic carbocycles. The highest BCUT2D eigenvalue weighted by Crippen LogP contribution is 2.43. The van der Waals surface area contributed by atoms with Crippen molar-refractivity contribution in [2.75, 3.05) is 27.4 Å². The van der Waals surface area contributed by atoms with E-state index in [1.165, 1.54) is 0 Å². The number of ether oxygens (including phenoxy) is 5. The number of nitrogens with one attached hydrogen (secondary N) is 2. The first-order valence-corrected chi connectivity index (χ1v) is 17.6. The molecular weight excluding hydrogens is 754 g/mol. The van der Waals surface area contributed by atoms with E-state index in [1.54, 1.807) is 14.2 Å². The molecule has 7 rings (SSSR count). The van der Waals surface area contributed by atoms with Crippen molar-refractivity contribution in [2.24, 2.45) is 0 Å². The van der Waals surface area contributed by atoms with Crippen LogP contribution in [0.3, 0.4) is 0 Å². The maximum atomic E-state index is 15.2. The summed E-state index contributed by atoms with van der Waals surface area (Å²) in [6, 6.07) is 26.4. The average molecular weight is 795 g/mol. The number of halogens is 2. The van der Waals surface area contributed by atoms with E-state index in [1.807, 2.05) is 83.8 Å². The predicted molar refractivity (Wildman–Crippen MR) is 198 cm³/mol. The van der Waals surface area contributed by atoms with E-state index in [4.69, 9.17) is 28.8 Å². The highest BCUT2D eigenvalue weighted by molar-refractivity contribution is 5.49. The zero-order chi connectivity index (χ0) is 40.9. The number of nitrogens with zero attached hydrogens (tertiary/aromatic N) is 2. The summed E-state index contributed by atoms with van der Waals surface area (Å²) in [5.41, 5.74) is -1.84. The number of hydrogen-bond donors (Lipinski definition) is 5. The number of aromatic amines is 2. The van der Waals surface area contributed by atoms with Crippen LogP contribution in [0.15, 0.2) is 123 Å². The van der Waals surface area contributed by atoms with Crippen molar-refractivity contribution in [3.05, 3.63) is 162 Å². The number of rotatable bonds is 11. The van der Waals surface area contributed by atoms with Gasteiger partial charge in [0.2, 0.25) is 0 Å². The van der Waals surface area contributed by atoms with Gasteiger partial charge in [0.25, 0.3) is 11.1 Å². The molecule has 0 radical (unpaired) electrons. The number of alkyl halides is 2. The minimum atomic E-state index is -1.94. The fraction of sp³-hybridized carbons (Fsp3) is 0.333. The molecule has 2 saturated heterocycles. The molecule has 0 bridgehead atoms. The Labute approximate surface area is 322 Å². The average Bonchev–Trinajstić information content (AvgIpc) is 3.67. The molecule has 0 spiro atoms. The molecule has 0 saturated carbocycles. The van der Waals surface area contributed by atoms with Gasteiger partial charge in [-0.1, -0.05) is 54.6 Å². The minimum Gasteiger partial charge on any atom is -0.497 e. The van der Waals surface area contributed by atoms with Crippen molar-refractivity contribution in [2.45, 2.75) is 54.8 Å². The summed E-state index contributed by atoms with van der Waals surface area (Å²) in [4.78, 5) is 50.0. The van der Waals surface area contributed by atoms with Gasteiger partial charge in [-0.15, -0.1) is 0 Å². The summed E-state index contributed by atoms with van der Waals surface area (Å²) >= 11 is 0. The van der Waals surface area contributed by atoms with E-state index < -0.39 is 83.9 Å². The summed E-state index contributed by atoms with van der Waals surface area (Å²) < 4.78 is 58.9. The molecule has 57 heavy (non-hydrogen) atoms. The van der Waals surface area contributed by atoms with Gasteiger partial charge in [-0.05, 0) is 41.0 Å². The lowest BCUT2D eigenvalue weighted by atomic mass is 9.80. The topological polar surface area (TPSA) is 217 Å². The Morgan fingerprint density at radius 1 is 0.649 bits per heavy atom. The summed E-state index contributed by atoms with van der Waals surface area (Å²) in [5.74, 6) is 1.31. The number of aliphatic hydroxyl groups excluding tert-OH is 3. The second-order valence-electron chi connectivity index (χ2n) is 13.0. The fourth-order valence-electron chi connectivity index (χ4n) is 6.68. The number of H-pyrrole nitrogens is 2. The highest BCUT2D eigenvalue weighted by atomic mass is 19.1. The Morgan fingerprint density at radius 2 is 1.07 bits per heavy atom. The molecule has 2 aromatic heterocycles. The van der Waals surface area contributed by atoms with Crippen LogP contribution in [0, 0.1) is 0 Å².